The van der Waals surface area contributed by atoms with Gasteiger partial charge in [0.25, 0.3) is 0 Å². The lowest BCUT2D eigenvalue weighted by Crippen LogP contribution is -2.38. The minimum Gasteiger partial charge on any atom is -0.375 e. The molecule has 2 aromatic rings. The van der Waals surface area contributed by atoms with Gasteiger partial charge in [-0.05, 0) is 38.6 Å². The first-order valence-corrected chi connectivity index (χ1v) is 11.1. The molecule has 0 aliphatic rings. The zero-order valence-corrected chi connectivity index (χ0v) is 19.4. The minimum atomic E-state index is 0.0278. The average molecular weight is 418 g/mol. The molecule has 1 atom stereocenters. The van der Waals surface area contributed by atoms with E-state index in [-0.39, 0.29) is 6.10 Å². The van der Waals surface area contributed by atoms with Crippen LogP contribution in [0.4, 0.5) is 0 Å². The Balaban J connectivity index is 2.05. The molecule has 0 radical (unpaired) electrons. The van der Waals surface area contributed by atoms with E-state index in [2.05, 4.69) is 65.7 Å². The van der Waals surface area contributed by atoms with Crippen molar-refractivity contribution < 1.29 is 4.74 Å². The van der Waals surface area contributed by atoms with Gasteiger partial charge in [0.1, 0.15) is 11.1 Å². The molecule has 2 rings (SSSR count). The summed E-state index contributed by atoms with van der Waals surface area (Å²) in [5.41, 5.74) is 3.58. The van der Waals surface area contributed by atoms with Crippen LogP contribution in [0.5, 0.6) is 0 Å². The molecule has 6 nitrogen and oxygen atoms in total. The van der Waals surface area contributed by atoms with Gasteiger partial charge in [-0.2, -0.15) is 0 Å². The van der Waals surface area contributed by atoms with Crippen LogP contribution in [0.1, 0.15) is 48.7 Å². The van der Waals surface area contributed by atoms with E-state index in [0.717, 1.165) is 36.3 Å². The number of hydrogen-bond donors (Lipinski definition) is 1. The van der Waals surface area contributed by atoms with Crippen LogP contribution in [0.2, 0.25) is 0 Å². The highest BCUT2D eigenvalue weighted by molar-refractivity contribution is 7.09. The molecule has 29 heavy (non-hydrogen) atoms. The third-order valence-electron chi connectivity index (χ3n) is 4.76. The summed E-state index contributed by atoms with van der Waals surface area (Å²) in [6.07, 6.45) is 0.0278. The molecular formula is C22H35N5OS. The monoisotopic (exact) mass is 417 g/mol. The van der Waals surface area contributed by atoms with E-state index in [9.17, 15) is 0 Å². The first-order chi connectivity index (χ1) is 14.0. The smallest absolute Gasteiger partial charge is 0.194 e. The largest absolute Gasteiger partial charge is 0.375 e. The quantitative estimate of drug-likeness (QED) is 0.469. The van der Waals surface area contributed by atoms with Crippen LogP contribution in [0, 0.1) is 0 Å². The van der Waals surface area contributed by atoms with Crippen LogP contribution in [-0.4, -0.2) is 55.0 Å². The maximum absolute atomic E-state index is 5.36. The summed E-state index contributed by atoms with van der Waals surface area (Å²) in [6, 6.07) is 8.69. The van der Waals surface area contributed by atoms with Crippen molar-refractivity contribution in [1.82, 2.24) is 20.1 Å². The number of aliphatic imine (C=N–C) groups is 1. The normalized spacial score (nSPS) is 13.0. The van der Waals surface area contributed by atoms with E-state index in [1.165, 1.54) is 11.1 Å². The maximum atomic E-state index is 5.36. The molecule has 7 heteroatoms. The molecule has 0 saturated heterocycles. The zero-order chi connectivity index (χ0) is 21.2. The van der Waals surface area contributed by atoms with Crippen LogP contribution in [0.3, 0.4) is 0 Å². The second-order valence-electron chi connectivity index (χ2n) is 7.23. The summed E-state index contributed by atoms with van der Waals surface area (Å²) in [5.74, 6) is 0.887. The van der Waals surface area contributed by atoms with Crippen molar-refractivity contribution >= 4 is 17.3 Å². The Morgan fingerprint density at radius 3 is 2.69 bits per heavy atom. The Bertz CT molecular complexity index is 776. The van der Waals surface area contributed by atoms with Gasteiger partial charge >= 0.3 is 0 Å². The molecule has 0 fully saturated rings. The van der Waals surface area contributed by atoms with Crippen molar-refractivity contribution in [3.63, 3.8) is 0 Å². The summed E-state index contributed by atoms with van der Waals surface area (Å²) in [7, 11) is 5.90. The standard InChI is InChI=1S/C22H35N5OS/c1-7-23-22(27(5)15-20-16-29-21(25-20)17(3)28-6)24-13-18-10-9-11-19(12-18)14-26(4)8-2/h9-12,16-17H,7-8,13-15H2,1-6H3,(H,23,24). The Hall–Kier alpha value is -1.96. The van der Waals surface area contributed by atoms with Gasteiger partial charge in [0.05, 0.1) is 18.8 Å². The number of rotatable bonds is 10. The molecule has 1 unspecified atom stereocenters. The molecular weight excluding hydrogens is 382 g/mol. The van der Waals surface area contributed by atoms with Gasteiger partial charge in [0, 0.05) is 32.6 Å². The highest BCUT2D eigenvalue weighted by atomic mass is 32.1. The van der Waals surface area contributed by atoms with Crippen molar-refractivity contribution in [2.75, 3.05) is 34.3 Å². The fourth-order valence-corrected chi connectivity index (χ4v) is 3.73. The number of ether oxygens (including phenoxy) is 1. The minimum absolute atomic E-state index is 0.0278. The topological polar surface area (TPSA) is 53.0 Å². The molecule has 1 N–H and O–H groups in total. The van der Waals surface area contributed by atoms with Crippen molar-refractivity contribution in [2.24, 2.45) is 4.99 Å². The molecule has 1 heterocycles. The van der Waals surface area contributed by atoms with Crippen molar-refractivity contribution in [1.29, 1.82) is 0 Å². The van der Waals surface area contributed by atoms with Gasteiger partial charge in [0.2, 0.25) is 0 Å². The number of aromatic nitrogens is 1. The lowest BCUT2D eigenvalue weighted by molar-refractivity contribution is 0.119. The predicted octanol–water partition coefficient (Wildman–Crippen LogP) is 3.90. The number of methoxy groups -OCH3 is 1. The molecule has 0 saturated carbocycles. The summed E-state index contributed by atoms with van der Waals surface area (Å²) >= 11 is 1.64. The van der Waals surface area contributed by atoms with Crippen molar-refractivity contribution in [3.8, 4) is 0 Å². The molecule has 0 spiro atoms. The number of hydrogen-bond acceptors (Lipinski definition) is 5. The third kappa shape index (κ3) is 7.42. The van der Waals surface area contributed by atoms with Crippen LogP contribution in [-0.2, 0) is 24.4 Å². The fourth-order valence-electron chi connectivity index (χ4n) is 2.89. The van der Waals surface area contributed by atoms with Gasteiger partial charge in [0.15, 0.2) is 5.96 Å². The Kier molecular flexibility index (Phi) is 9.57. The first-order valence-electron chi connectivity index (χ1n) is 10.2. The number of nitrogens with zero attached hydrogens (tertiary/aromatic N) is 4. The first kappa shape index (κ1) is 23.3. The van der Waals surface area contributed by atoms with E-state index in [1.807, 2.05) is 14.0 Å². The molecule has 1 aromatic carbocycles. The predicted molar refractivity (Wildman–Crippen MR) is 122 cm³/mol. The SMILES string of the molecule is CCNC(=NCc1cccc(CN(C)CC)c1)N(C)Cc1csc(C(C)OC)n1. The van der Waals surface area contributed by atoms with E-state index in [0.29, 0.717) is 13.1 Å². The van der Waals surface area contributed by atoms with Crippen LogP contribution in [0.15, 0.2) is 34.6 Å². The van der Waals surface area contributed by atoms with Crippen molar-refractivity contribution in [2.45, 2.75) is 46.5 Å². The molecule has 0 amide bonds. The molecule has 0 aliphatic heterocycles. The van der Waals surface area contributed by atoms with Gasteiger partial charge in [-0.1, -0.05) is 31.2 Å². The second kappa shape index (κ2) is 11.9. The van der Waals surface area contributed by atoms with Gasteiger partial charge in [-0.3, -0.25) is 0 Å². The van der Waals surface area contributed by atoms with Gasteiger partial charge in [-0.15, -0.1) is 11.3 Å². The molecule has 0 bridgehead atoms. The summed E-state index contributed by atoms with van der Waals surface area (Å²) in [4.78, 5) is 14.0. The van der Waals surface area contributed by atoms with E-state index in [1.54, 1.807) is 18.4 Å². The zero-order valence-electron chi connectivity index (χ0n) is 18.6. The summed E-state index contributed by atoms with van der Waals surface area (Å²) in [6.45, 7) is 10.5. The number of thiazole rings is 1. The van der Waals surface area contributed by atoms with Crippen molar-refractivity contribution in [3.05, 3.63) is 51.5 Å². The molecule has 160 valence electrons. The van der Waals surface area contributed by atoms with Crippen LogP contribution >= 0.6 is 11.3 Å². The van der Waals surface area contributed by atoms with Gasteiger partial charge in [-0.25, -0.2) is 9.98 Å². The Morgan fingerprint density at radius 1 is 1.24 bits per heavy atom. The van der Waals surface area contributed by atoms with Gasteiger partial charge < -0.3 is 19.9 Å². The highest BCUT2D eigenvalue weighted by Crippen LogP contribution is 2.21. The summed E-state index contributed by atoms with van der Waals surface area (Å²) in [5, 5.41) is 6.49. The molecule has 1 aromatic heterocycles. The maximum Gasteiger partial charge on any atom is 0.194 e. The van der Waals surface area contributed by atoms with Crippen LogP contribution < -0.4 is 5.32 Å². The Morgan fingerprint density at radius 2 is 2.00 bits per heavy atom. The van der Waals surface area contributed by atoms with E-state index < -0.39 is 0 Å². The van der Waals surface area contributed by atoms with E-state index >= 15 is 0 Å². The summed E-state index contributed by atoms with van der Waals surface area (Å²) < 4.78 is 5.36. The average Bonchev–Trinajstić information content (AvgIpc) is 3.19. The highest BCUT2D eigenvalue weighted by Gasteiger charge is 2.12. The molecule has 0 aliphatic carbocycles. The third-order valence-corrected chi connectivity index (χ3v) is 5.82. The number of nitrogens with one attached hydrogen (secondary N) is 1. The lowest BCUT2D eigenvalue weighted by Gasteiger charge is -2.21. The van der Waals surface area contributed by atoms with E-state index in [4.69, 9.17) is 14.7 Å². The Labute approximate surface area is 179 Å². The van der Waals surface area contributed by atoms with Crippen LogP contribution in [0.25, 0.3) is 0 Å². The number of guanidine groups is 1. The fraction of sp³-hybridized carbons (Fsp3) is 0.545. The number of benzene rings is 1. The lowest BCUT2D eigenvalue weighted by atomic mass is 10.1. The second-order valence-corrected chi connectivity index (χ2v) is 8.12.